The fourth-order valence-corrected chi connectivity index (χ4v) is 6.81. The lowest BCUT2D eigenvalue weighted by Gasteiger charge is -2.28. The van der Waals surface area contributed by atoms with Crippen LogP contribution in [-0.2, 0) is 41.9 Å². The molecule has 0 saturated carbocycles. The Labute approximate surface area is 297 Å². The molecule has 0 saturated heterocycles. The number of rotatable bonds is 14. The molecule has 51 heavy (non-hydrogen) atoms. The van der Waals surface area contributed by atoms with Gasteiger partial charge in [0.05, 0.1) is 35.7 Å². The number of Topliss-reactive ketones (excluding diaryl/α,β-unsaturated/α-hetero) is 1. The van der Waals surface area contributed by atoms with E-state index < -0.39 is 47.2 Å². The van der Waals surface area contributed by atoms with Gasteiger partial charge in [-0.25, -0.2) is 0 Å². The molecule has 268 valence electrons. The van der Waals surface area contributed by atoms with Crippen LogP contribution >= 0.6 is 11.3 Å². The van der Waals surface area contributed by atoms with E-state index in [0.717, 1.165) is 28.3 Å². The summed E-state index contributed by atoms with van der Waals surface area (Å²) in [6.07, 6.45) is -5.17. The molecule has 1 amide bonds. The van der Waals surface area contributed by atoms with Crippen LogP contribution in [0.2, 0.25) is 0 Å². The number of ketones is 1. The Kier molecular flexibility index (Phi) is 12.2. The number of aldehydes is 1. The average molecular weight is 723 g/mol. The number of anilines is 2. The number of nitrogens with zero attached hydrogens (tertiary/aromatic N) is 1. The summed E-state index contributed by atoms with van der Waals surface area (Å²) >= 11 is 1.16. The first-order valence-corrected chi connectivity index (χ1v) is 16.8. The normalized spacial score (nSPS) is 11.5. The van der Waals surface area contributed by atoms with Crippen LogP contribution in [0.4, 0.5) is 24.5 Å². The number of amides is 1. The Morgan fingerprint density at radius 2 is 1.53 bits per heavy atom. The van der Waals surface area contributed by atoms with Gasteiger partial charge in [0, 0.05) is 42.3 Å². The van der Waals surface area contributed by atoms with Crippen molar-refractivity contribution in [2.75, 3.05) is 37.5 Å². The second-order valence-electron chi connectivity index (χ2n) is 11.8. The largest absolute Gasteiger partial charge is 0.465 e. The van der Waals surface area contributed by atoms with Gasteiger partial charge in [-0.05, 0) is 67.8 Å². The number of hydrogen-bond acceptors (Lipinski definition) is 9. The van der Waals surface area contributed by atoms with Crippen LogP contribution < -0.4 is 10.2 Å². The molecular weight excluding hydrogens is 685 g/mol. The minimum atomic E-state index is -4.72. The van der Waals surface area contributed by atoms with Crippen molar-refractivity contribution in [1.82, 2.24) is 0 Å². The molecule has 0 fully saturated rings. The highest BCUT2D eigenvalue weighted by Crippen LogP contribution is 2.39. The van der Waals surface area contributed by atoms with Crippen LogP contribution in [0.15, 0.2) is 72.8 Å². The predicted octanol–water partition coefficient (Wildman–Crippen LogP) is 7.44. The highest BCUT2D eigenvalue weighted by molar-refractivity contribution is 7.12. The van der Waals surface area contributed by atoms with Gasteiger partial charge in [-0.3, -0.25) is 24.0 Å². The van der Waals surface area contributed by atoms with Crippen molar-refractivity contribution in [2.24, 2.45) is 0 Å². The number of benzene rings is 3. The summed E-state index contributed by atoms with van der Waals surface area (Å²) < 4.78 is 51.7. The summed E-state index contributed by atoms with van der Waals surface area (Å²) in [5.41, 5.74) is -2.07. The minimum Gasteiger partial charge on any atom is -0.465 e. The maximum Gasteiger partial charge on any atom is 0.416 e. The monoisotopic (exact) mass is 722 g/mol. The first-order chi connectivity index (χ1) is 24.2. The molecule has 0 spiro atoms. The van der Waals surface area contributed by atoms with Crippen molar-refractivity contribution >= 4 is 52.6 Å². The van der Waals surface area contributed by atoms with Gasteiger partial charge in [-0.1, -0.05) is 42.5 Å². The molecule has 0 radical (unpaired) electrons. The second-order valence-corrected chi connectivity index (χ2v) is 13.1. The van der Waals surface area contributed by atoms with Crippen molar-refractivity contribution in [2.45, 2.75) is 45.2 Å². The Bertz CT molecular complexity index is 1920. The van der Waals surface area contributed by atoms with Crippen LogP contribution in [-0.4, -0.2) is 57.2 Å². The maximum absolute atomic E-state index is 13.9. The second kappa shape index (κ2) is 16.2. The van der Waals surface area contributed by atoms with Crippen molar-refractivity contribution in [3.8, 4) is 11.1 Å². The molecule has 0 aliphatic heterocycles. The number of aryl methyl sites for hydroxylation is 1. The van der Waals surface area contributed by atoms with E-state index in [1.165, 1.54) is 18.2 Å². The minimum absolute atomic E-state index is 0.00669. The summed E-state index contributed by atoms with van der Waals surface area (Å²) in [5.74, 6) is -3.29. The van der Waals surface area contributed by atoms with Gasteiger partial charge in [-0.15, -0.1) is 11.3 Å². The predicted molar refractivity (Wildman–Crippen MR) is 188 cm³/mol. The zero-order chi connectivity index (χ0) is 37.5. The number of ether oxygens (including phenoxy) is 2. The summed E-state index contributed by atoms with van der Waals surface area (Å²) in [6.45, 7) is 4.85. The van der Waals surface area contributed by atoms with Crippen molar-refractivity contribution < 1.29 is 46.6 Å². The molecule has 1 heterocycles. The van der Waals surface area contributed by atoms with E-state index >= 15 is 0 Å². The smallest absolute Gasteiger partial charge is 0.416 e. The van der Waals surface area contributed by atoms with E-state index in [4.69, 9.17) is 9.47 Å². The third kappa shape index (κ3) is 8.37. The Morgan fingerprint density at radius 3 is 2.06 bits per heavy atom. The number of halogens is 3. The number of carbonyl (C=O) groups excluding carboxylic acids is 5. The van der Waals surface area contributed by atoms with Gasteiger partial charge >= 0.3 is 18.1 Å². The lowest BCUT2D eigenvalue weighted by atomic mass is 9.79. The lowest BCUT2D eigenvalue weighted by molar-refractivity contribution is -0.166. The third-order valence-electron chi connectivity index (χ3n) is 8.05. The summed E-state index contributed by atoms with van der Waals surface area (Å²) in [7, 11) is 3.22. The molecule has 9 nitrogen and oxygen atoms in total. The van der Waals surface area contributed by atoms with E-state index in [0.29, 0.717) is 17.4 Å². The standard InChI is InChI=1S/C38H37F3N2O7S/c1-6-49-35(47)37(36(48)50-7-2,32-18-13-23(3)51-32)21-27(45)19-25-14-17-31(30(22-44)33(25)43(4)5)42-34(46)29-20-26(38(39,40)41)15-16-28(29)24-11-9-8-10-12-24/h8-18,20,22H,6-7,19,21H2,1-5H3,(H,42,46). The highest BCUT2D eigenvalue weighted by Gasteiger charge is 2.53. The number of esters is 2. The van der Waals surface area contributed by atoms with E-state index in [2.05, 4.69) is 5.32 Å². The zero-order valence-electron chi connectivity index (χ0n) is 28.7. The summed E-state index contributed by atoms with van der Waals surface area (Å²) in [6, 6.07) is 17.5. The molecule has 4 rings (SSSR count). The van der Waals surface area contributed by atoms with Crippen molar-refractivity contribution in [3.05, 3.63) is 105 Å². The van der Waals surface area contributed by atoms with E-state index in [9.17, 15) is 37.1 Å². The van der Waals surface area contributed by atoms with E-state index in [1.807, 2.05) is 0 Å². The molecule has 0 aliphatic carbocycles. The third-order valence-corrected chi connectivity index (χ3v) is 9.21. The number of carbonyl (C=O) groups is 5. The number of hydrogen-bond donors (Lipinski definition) is 1. The average Bonchev–Trinajstić information content (AvgIpc) is 3.53. The highest BCUT2D eigenvalue weighted by atomic mass is 32.1. The Hall–Kier alpha value is -5.30. The van der Waals surface area contributed by atoms with Crippen molar-refractivity contribution in [3.63, 3.8) is 0 Å². The van der Waals surface area contributed by atoms with E-state index in [1.54, 1.807) is 82.2 Å². The first kappa shape index (κ1) is 38.5. The van der Waals surface area contributed by atoms with Gasteiger partial charge in [0.1, 0.15) is 5.78 Å². The Balaban J connectivity index is 1.74. The SMILES string of the molecule is CCOC(=O)C(CC(=O)Cc1ccc(NC(=O)c2cc(C(F)(F)F)ccc2-c2ccccc2)c(C=O)c1N(C)C)(C(=O)OCC)c1ccc(C)s1. The molecule has 0 aliphatic rings. The van der Waals surface area contributed by atoms with Gasteiger partial charge in [0.15, 0.2) is 6.29 Å². The van der Waals surface area contributed by atoms with Crippen molar-refractivity contribution in [1.29, 1.82) is 0 Å². The first-order valence-electron chi connectivity index (χ1n) is 16.0. The molecule has 1 aromatic heterocycles. The lowest BCUT2D eigenvalue weighted by Crippen LogP contribution is -2.47. The molecular formula is C38H37F3N2O7S. The molecule has 0 unspecified atom stereocenters. The number of thiophene rings is 1. The molecule has 3 aromatic carbocycles. The van der Waals surface area contributed by atoms with Crippen LogP contribution in [0.5, 0.6) is 0 Å². The van der Waals surface area contributed by atoms with Crippen LogP contribution in [0.3, 0.4) is 0 Å². The number of alkyl halides is 3. The summed E-state index contributed by atoms with van der Waals surface area (Å²) in [5, 5.41) is 2.59. The Morgan fingerprint density at radius 1 is 0.882 bits per heavy atom. The molecule has 4 aromatic rings. The van der Waals surface area contributed by atoms with Crippen LogP contribution in [0, 0.1) is 6.92 Å². The maximum atomic E-state index is 13.9. The van der Waals surface area contributed by atoms with E-state index in [-0.39, 0.29) is 52.6 Å². The van der Waals surface area contributed by atoms with Crippen LogP contribution in [0.1, 0.15) is 61.9 Å². The van der Waals surface area contributed by atoms with Gasteiger partial charge in [0.2, 0.25) is 5.41 Å². The van der Waals surface area contributed by atoms with Gasteiger partial charge < -0.3 is 19.7 Å². The van der Waals surface area contributed by atoms with Gasteiger partial charge in [0.25, 0.3) is 5.91 Å². The molecule has 13 heteroatoms. The van der Waals surface area contributed by atoms with Crippen LogP contribution in [0.25, 0.3) is 11.1 Å². The molecule has 1 N–H and O–H groups in total. The quantitative estimate of drug-likeness (QED) is 0.0811. The number of nitrogens with one attached hydrogen (secondary N) is 1. The fourth-order valence-electron chi connectivity index (χ4n) is 5.78. The topological polar surface area (TPSA) is 119 Å². The fraction of sp³-hybridized carbons (Fsp3) is 0.289. The van der Waals surface area contributed by atoms with Gasteiger partial charge in [-0.2, -0.15) is 13.2 Å². The summed E-state index contributed by atoms with van der Waals surface area (Å²) in [4.78, 5) is 69.7. The molecule has 0 bridgehead atoms. The molecule has 0 atom stereocenters. The zero-order valence-corrected chi connectivity index (χ0v) is 29.5.